The van der Waals surface area contributed by atoms with E-state index in [1.54, 1.807) is 17.1 Å². The van der Waals surface area contributed by atoms with Crippen LogP contribution in [0.25, 0.3) is 6.08 Å². The molecule has 1 aromatic carbocycles. The fourth-order valence-corrected chi connectivity index (χ4v) is 1.65. The van der Waals surface area contributed by atoms with Gasteiger partial charge in [-0.25, -0.2) is 0 Å². The zero-order valence-electron chi connectivity index (χ0n) is 10.8. The molecule has 3 heteroatoms. The molecular weight excluding hydrogens is 246 g/mol. The Morgan fingerprint density at radius 3 is 2.33 bits per heavy atom. The summed E-state index contributed by atoms with van der Waals surface area (Å²) in [5, 5.41) is 0.722. The maximum absolute atomic E-state index is 11.6. The predicted octanol–water partition coefficient (Wildman–Crippen LogP) is 3.78. The van der Waals surface area contributed by atoms with Gasteiger partial charge in [-0.05, 0) is 31.5 Å². The van der Waals surface area contributed by atoms with E-state index < -0.39 is 0 Å². The molecule has 0 saturated heterocycles. The molecule has 0 aliphatic carbocycles. The fraction of sp³-hybridized carbons (Fsp3) is 0.267. The topological polar surface area (TPSA) is 20.3 Å². The molecule has 18 heavy (non-hydrogen) atoms. The number of benzene rings is 1. The highest BCUT2D eigenvalue weighted by Gasteiger charge is 2.03. The molecule has 0 heterocycles. The molecule has 1 rings (SSSR count). The zero-order valence-corrected chi connectivity index (χ0v) is 11.5. The number of likely N-dealkylation sites (N-methyl/N-ethyl adjacent to an activating group) is 1. The number of rotatable bonds is 5. The second-order valence-corrected chi connectivity index (χ2v) is 4.22. The van der Waals surface area contributed by atoms with Crippen LogP contribution in [0.15, 0.2) is 42.5 Å². The minimum absolute atomic E-state index is 0.0424. The normalized spacial score (nSPS) is 11.3. The van der Waals surface area contributed by atoms with E-state index in [1.165, 1.54) is 0 Å². The van der Waals surface area contributed by atoms with Crippen LogP contribution in [-0.4, -0.2) is 23.9 Å². The van der Waals surface area contributed by atoms with Crippen molar-refractivity contribution in [3.63, 3.8) is 0 Å². The Morgan fingerprint density at radius 1 is 1.17 bits per heavy atom. The first-order valence-corrected chi connectivity index (χ1v) is 6.44. The average molecular weight is 264 g/mol. The maximum atomic E-state index is 11.6. The van der Waals surface area contributed by atoms with Gasteiger partial charge in [0.25, 0.3) is 0 Å². The lowest BCUT2D eigenvalue weighted by molar-refractivity contribution is -0.125. The molecule has 0 aromatic heterocycles. The molecular formula is C15H18ClNO. The predicted molar refractivity (Wildman–Crippen MR) is 77.6 cm³/mol. The van der Waals surface area contributed by atoms with E-state index in [-0.39, 0.29) is 5.91 Å². The molecule has 0 bridgehead atoms. The molecule has 0 fully saturated rings. The lowest BCUT2D eigenvalue weighted by Gasteiger charge is -2.15. The molecule has 2 nitrogen and oxygen atoms in total. The van der Waals surface area contributed by atoms with Gasteiger partial charge in [0.2, 0.25) is 5.91 Å². The Hall–Kier alpha value is -1.54. The summed E-state index contributed by atoms with van der Waals surface area (Å²) in [7, 11) is 0. The summed E-state index contributed by atoms with van der Waals surface area (Å²) in [6.07, 6.45) is 7.13. The van der Waals surface area contributed by atoms with Crippen LogP contribution in [-0.2, 0) is 4.79 Å². The minimum Gasteiger partial charge on any atom is -0.340 e. The summed E-state index contributed by atoms with van der Waals surface area (Å²) in [4.78, 5) is 13.4. The van der Waals surface area contributed by atoms with E-state index in [0.29, 0.717) is 0 Å². The van der Waals surface area contributed by atoms with Gasteiger partial charge in [0, 0.05) is 24.2 Å². The highest BCUT2D eigenvalue weighted by atomic mass is 35.5. The number of allylic oxidation sites excluding steroid dienone is 2. The van der Waals surface area contributed by atoms with Gasteiger partial charge in [-0.15, -0.1) is 0 Å². The van der Waals surface area contributed by atoms with Gasteiger partial charge in [0.1, 0.15) is 0 Å². The first-order valence-electron chi connectivity index (χ1n) is 6.06. The molecule has 1 amide bonds. The van der Waals surface area contributed by atoms with Crippen molar-refractivity contribution < 1.29 is 4.79 Å². The summed E-state index contributed by atoms with van der Waals surface area (Å²) >= 11 is 5.79. The van der Waals surface area contributed by atoms with E-state index in [4.69, 9.17) is 11.6 Å². The van der Waals surface area contributed by atoms with Crippen LogP contribution >= 0.6 is 11.6 Å². The van der Waals surface area contributed by atoms with Crippen LogP contribution in [0.1, 0.15) is 19.4 Å². The van der Waals surface area contributed by atoms with Crippen molar-refractivity contribution in [1.82, 2.24) is 4.90 Å². The summed E-state index contributed by atoms with van der Waals surface area (Å²) in [5.74, 6) is 0.0424. The van der Waals surface area contributed by atoms with Gasteiger partial charge in [0.15, 0.2) is 0 Å². The minimum atomic E-state index is 0.0424. The van der Waals surface area contributed by atoms with Crippen LogP contribution in [0.5, 0.6) is 0 Å². The molecule has 0 radical (unpaired) electrons. The largest absolute Gasteiger partial charge is 0.340 e. The van der Waals surface area contributed by atoms with Gasteiger partial charge < -0.3 is 4.90 Å². The van der Waals surface area contributed by atoms with E-state index in [2.05, 4.69) is 0 Å². The van der Waals surface area contributed by atoms with Crippen LogP contribution in [0, 0.1) is 0 Å². The van der Waals surface area contributed by atoms with Crippen molar-refractivity contribution in [3.05, 3.63) is 53.1 Å². The van der Waals surface area contributed by atoms with Crippen LogP contribution in [0.4, 0.5) is 0 Å². The van der Waals surface area contributed by atoms with E-state index in [0.717, 1.165) is 23.7 Å². The summed E-state index contributed by atoms with van der Waals surface area (Å²) in [5.41, 5.74) is 1.05. The maximum Gasteiger partial charge on any atom is 0.246 e. The first kappa shape index (κ1) is 14.5. The van der Waals surface area contributed by atoms with Gasteiger partial charge >= 0.3 is 0 Å². The average Bonchev–Trinajstić information content (AvgIpc) is 2.38. The first-order chi connectivity index (χ1) is 8.67. The monoisotopic (exact) mass is 263 g/mol. The SMILES string of the molecule is CCN(CC)C(=O)/C=C/C=C/c1ccc(Cl)cc1. The third kappa shape index (κ3) is 4.76. The highest BCUT2D eigenvalue weighted by molar-refractivity contribution is 6.30. The lowest BCUT2D eigenvalue weighted by Crippen LogP contribution is -2.28. The number of amides is 1. The van der Waals surface area contributed by atoms with Crippen LogP contribution in [0.3, 0.4) is 0 Å². The van der Waals surface area contributed by atoms with Gasteiger partial charge in [0.05, 0.1) is 0 Å². The second-order valence-electron chi connectivity index (χ2n) is 3.78. The van der Waals surface area contributed by atoms with Gasteiger partial charge in [-0.1, -0.05) is 42.0 Å². The highest BCUT2D eigenvalue weighted by Crippen LogP contribution is 2.10. The molecule has 1 aromatic rings. The lowest BCUT2D eigenvalue weighted by atomic mass is 10.2. The van der Waals surface area contributed by atoms with Crippen molar-refractivity contribution >= 4 is 23.6 Å². The Kier molecular flexibility index (Phi) is 6.23. The smallest absolute Gasteiger partial charge is 0.246 e. The number of hydrogen-bond acceptors (Lipinski definition) is 1. The number of halogens is 1. The summed E-state index contributed by atoms with van der Waals surface area (Å²) in [6.45, 7) is 5.42. The van der Waals surface area contributed by atoms with Crippen molar-refractivity contribution in [2.24, 2.45) is 0 Å². The van der Waals surface area contributed by atoms with E-state index in [9.17, 15) is 4.79 Å². The van der Waals surface area contributed by atoms with Crippen LogP contribution < -0.4 is 0 Å². The number of nitrogens with zero attached hydrogens (tertiary/aromatic N) is 1. The van der Waals surface area contributed by atoms with Gasteiger partial charge in [-0.3, -0.25) is 4.79 Å². The van der Waals surface area contributed by atoms with E-state index in [1.807, 2.05) is 50.3 Å². The molecule has 0 N–H and O–H groups in total. The third-order valence-electron chi connectivity index (χ3n) is 2.58. The Labute approximate surface area is 114 Å². The molecule has 0 aliphatic heterocycles. The quantitative estimate of drug-likeness (QED) is 0.585. The fourth-order valence-electron chi connectivity index (χ4n) is 1.52. The molecule has 0 spiro atoms. The molecule has 0 atom stereocenters. The number of carbonyl (C=O) groups is 1. The summed E-state index contributed by atoms with van der Waals surface area (Å²) < 4.78 is 0. The van der Waals surface area contributed by atoms with E-state index >= 15 is 0 Å². The molecule has 0 aliphatic rings. The number of hydrogen-bond donors (Lipinski definition) is 0. The van der Waals surface area contributed by atoms with Crippen molar-refractivity contribution in [2.75, 3.05) is 13.1 Å². The van der Waals surface area contributed by atoms with Crippen molar-refractivity contribution in [3.8, 4) is 0 Å². The van der Waals surface area contributed by atoms with Crippen molar-refractivity contribution in [1.29, 1.82) is 0 Å². The summed E-state index contributed by atoms with van der Waals surface area (Å²) in [6, 6.07) is 7.54. The Balaban J connectivity index is 2.54. The van der Waals surface area contributed by atoms with Crippen molar-refractivity contribution in [2.45, 2.75) is 13.8 Å². The molecule has 0 unspecified atom stereocenters. The van der Waals surface area contributed by atoms with Crippen LogP contribution in [0.2, 0.25) is 5.02 Å². The molecule has 0 saturated carbocycles. The standard InChI is InChI=1S/C15H18ClNO/c1-3-17(4-2)15(18)8-6-5-7-13-9-11-14(16)12-10-13/h5-12H,3-4H2,1-2H3/b7-5+,8-6+. The Morgan fingerprint density at radius 2 is 1.78 bits per heavy atom. The second kappa shape index (κ2) is 7.72. The molecule has 96 valence electrons. The number of carbonyl (C=O) groups excluding carboxylic acids is 1. The third-order valence-corrected chi connectivity index (χ3v) is 2.84. The Bertz CT molecular complexity index is 430. The van der Waals surface area contributed by atoms with Gasteiger partial charge in [-0.2, -0.15) is 0 Å². The zero-order chi connectivity index (χ0) is 13.4.